The van der Waals surface area contributed by atoms with Crippen molar-refractivity contribution >= 4 is 23.0 Å². The number of carbonyl (C=O) groups excluding carboxylic acids is 1. The number of rotatable bonds is 3. The number of halogens is 3. The molecule has 7 heteroatoms. The summed E-state index contributed by atoms with van der Waals surface area (Å²) in [7, 11) is 0. The number of nitrogen functional groups attached to an aromatic ring is 1. The fourth-order valence-electron chi connectivity index (χ4n) is 1.66. The summed E-state index contributed by atoms with van der Waals surface area (Å²) in [5, 5.41) is 2.58. The van der Waals surface area contributed by atoms with Crippen LogP contribution in [0.3, 0.4) is 0 Å². The van der Waals surface area contributed by atoms with Crippen LogP contribution in [0, 0.1) is 17.5 Å². The molecular formula is C13H10F3N3O. The van der Waals surface area contributed by atoms with Gasteiger partial charge in [-0.05, 0) is 18.2 Å². The molecule has 104 valence electrons. The second-order valence-electron chi connectivity index (χ2n) is 4.05. The molecule has 2 aromatic carbocycles. The van der Waals surface area contributed by atoms with Gasteiger partial charge >= 0.3 is 0 Å². The summed E-state index contributed by atoms with van der Waals surface area (Å²) in [6.07, 6.45) is 0. The van der Waals surface area contributed by atoms with Crippen LogP contribution in [0.5, 0.6) is 0 Å². The Balaban J connectivity index is 2.44. The molecule has 0 saturated carbocycles. The van der Waals surface area contributed by atoms with E-state index < -0.39 is 23.4 Å². The van der Waals surface area contributed by atoms with Crippen molar-refractivity contribution < 1.29 is 18.0 Å². The number of hydrogen-bond donors (Lipinski definition) is 3. The van der Waals surface area contributed by atoms with E-state index in [9.17, 15) is 18.0 Å². The Labute approximate surface area is 112 Å². The third kappa shape index (κ3) is 2.66. The highest BCUT2D eigenvalue weighted by Gasteiger charge is 2.13. The SMILES string of the molecule is NC(=O)c1ccc(N)cc1Nc1cc(F)c(F)c(F)c1. The summed E-state index contributed by atoms with van der Waals surface area (Å²) < 4.78 is 39.1. The smallest absolute Gasteiger partial charge is 0.250 e. The van der Waals surface area contributed by atoms with Crippen molar-refractivity contribution in [3.8, 4) is 0 Å². The number of amides is 1. The molecule has 1 amide bonds. The highest BCUT2D eigenvalue weighted by Crippen LogP contribution is 2.25. The highest BCUT2D eigenvalue weighted by atomic mass is 19.2. The van der Waals surface area contributed by atoms with E-state index in [4.69, 9.17) is 11.5 Å². The Morgan fingerprint density at radius 3 is 2.20 bits per heavy atom. The number of nitrogens with one attached hydrogen (secondary N) is 1. The van der Waals surface area contributed by atoms with Gasteiger partial charge in [-0.1, -0.05) is 0 Å². The van der Waals surface area contributed by atoms with Crippen LogP contribution in [0.1, 0.15) is 10.4 Å². The first-order valence-corrected chi connectivity index (χ1v) is 5.49. The number of nitrogens with two attached hydrogens (primary N) is 2. The Hall–Kier alpha value is -2.70. The molecule has 0 bridgehead atoms. The van der Waals surface area contributed by atoms with Crippen LogP contribution in [-0.4, -0.2) is 5.91 Å². The van der Waals surface area contributed by atoms with Gasteiger partial charge in [-0.25, -0.2) is 13.2 Å². The van der Waals surface area contributed by atoms with E-state index >= 15 is 0 Å². The number of anilines is 3. The van der Waals surface area contributed by atoms with Crippen molar-refractivity contribution in [2.45, 2.75) is 0 Å². The monoisotopic (exact) mass is 281 g/mol. The van der Waals surface area contributed by atoms with Crippen molar-refractivity contribution in [2.24, 2.45) is 5.73 Å². The van der Waals surface area contributed by atoms with E-state index in [2.05, 4.69) is 5.32 Å². The molecule has 0 saturated heterocycles. The predicted molar refractivity (Wildman–Crippen MR) is 69.0 cm³/mol. The van der Waals surface area contributed by atoms with Gasteiger partial charge < -0.3 is 16.8 Å². The van der Waals surface area contributed by atoms with Crippen molar-refractivity contribution in [2.75, 3.05) is 11.1 Å². The van der Waals surface area contributed by atoms with Gasteiger partial charge in [-0.3, -0.25) is 4.79 Å². The average molecular weight is 281 g/mol. The molecular weight excluding hydrogens is 271 g/mol. The summed E-state index contributed by atoms with van der Waals surface area (Å²) in [4.78, 5) is 11.2. The third-order valence-corrected chi connectivity index (χ3v) is 2.57. The topological polar surface area (TPSA) is 81.1 Å². The molecule has 2 rings (SSSR count). The molecule has 20 heavy (non-hydrogen) atoms. The minimum absolute atomic E-state index is 0.0745. The van der Waals surface area contributed by atoms with Crippen molar-refractivity contribution in [3.63, 3.8) is 0 Å². The van der Waals surface area contributed by atoms with Crippen LogP contribution in [0.2, 0.25) is 0 Å². The fourth-order valence-corrected chi connectivity index (χ4v) is 1.66. The average Bonchev–Trinajstić information content (AvgIpc) is 2.35. The van der Waals surface area contributed by atoms with E-state index in [-0.39, 0.29) is 16.9 Å². The molecule has 2 aromatic rings. The summed E-state index contributed by atoms with van der Waals surface area (Å²) >= 11 is 0. The molecule has 0 fully saturated rings. The van der Waals surface area contributed by atoms with E-state index in [1.165, 1.54) is 18.2 Å². The zero-order valence-electron chi connectivity index (χ0n) is 10.1. The Morgan fingerprint density at radius 2 is 1.65 bits per heavy atom. The molecule has 0 aromatic heterocycles. The molecule has 0 aliphatic carbocycles. The van der Waals surface area contributed by atoms with Crippen molar-refractivity contribution in [3.05, 3.63) is 53.3 Å². The highest BCUT2D eigenvalue weighted by molar-refractivity contribution is 5.99. The van der Waals surface area contributed by atoms with Gasteiger partial charge in [-0.2, -0.15) is 0 Å². The quantitative estimate of drug-likeness (QED) is 0.597. The normalized spacial score (nSPS) is 10.3. The lowest BCUT2D eigenvalue weighted by atomic mass is 10.1. The van der Waals surface area contributed by atoms with Gasteiger partial charge in [0.05, 0.1) is 11.3 Å². The number of primary amides is 1. The van der Waals surface area contributed by atoms with Crippen LogP contribution in [0.4, 0.5) is 30.2 Å². The molecule has 0 heterocycles. The molecule has 0 atom stereocenters. The van der Waals surface area contributed by atoms with Gasteiger partial charge in [0.25, 0.3) is 5.91 Å². The van der Waals surface area contributed by atoms with Crippen LogP contribution in [-0.2, 0) is 0 Å². The molecule has 0 spiro atoms. The number of hydrogen-bond acceptors (Lipinski definition) is 3. The zero-order valence-corrected chi connectivity index (χ0v) is 10.1. The van der Waals surface area contributed by atoms with Crippen LogP contribution in [0.15, 0.2) is 30.3 Å². The van der Waals surface area contributed by atoms with E-state index in [0.717, 1.165) is 12.1 Å². The van der Waals surface area contributed by atoms with Gasteiger partial charge in [0.1, 0.15) is 0 Å². The third-order valence-electron chi connectivity index (χ3n) is 2.57. The largest absolute Gasteiger partial charge is 0.399 e. The lowest BCUT2D eigenvalue weighted by Crippen LogP contribution is -2.13. The number of carbonyl (C=O) groups is 1. The van der Waals surface area contributed by atoms with E-state index in [1.807, 2.05) is 0 Å². The molecule has 0 radical (unpaired) electrons. The lowest BCUT2D eigenvalue weighted by molar-refractivity contribution is 0.100. The second-order valence-corrected chi connectivity index (χ2v) is 4.05. The van der Waals surface area contributed by atoms with Gasteiger partial charge in [0.2, 0.25) is 0 Å². The minimum Gasteiger partial charge on any atom is -0.399 e. The Kier molecular flexibility index (Phi) is 3.51. The maximum Gasteiger partial charge on any atom is 0.250 e. The maximum absolute atomic E-state index is 13.1. The lowest BCUT2D eigenvalue weighted by Gasteiger charge is -2.11. The Morgan fingerprint density at radius 1 is 1.05 bits per heavy atom. The molecule has 4 nitrogen and oxygen atoms in total. The molecule has 0 aliphatic rings. The maximum atomic E-state index is 13.1. The number of benzene rings is 2. The summed E-state index contributed by atoms with van der Waals surface area (Å²) in [5.41, 5.74) is 11.2. The molecule has 0 unspecified atom stereocenters. The van der Waals surface area contributed by atoms with Crippen molar-refractivity contribution in [1.29, 1.82) is 0 Å². The summed E-state index contributed by atoms with van der Waals surface area (Å²) in [6, 6.07) is 5.71. The summed E-state index contributed by atoms with van der Waals surface area (Å²) in [5.74, 6) is -5.01. The van der Waals surface area contributed by atoms with Crippen LogP contribution < -0.4 is 16.8 Å². The predicted octanol–water partition coefficient (Wildman–Crippen LogP) is 2.53. The van der Waals surface area contributed by atoms with Crippen molar-refractivity contribution in [1.82, 2.24) is 0 Å². The van der Waals surface area contributed by atoms with Crippen LogP contribution >= 0.6 is 0 Å². The van der Waals surface area contributed by atoms with Gasteiger partial charge in [-0.15, -0.1) is 0 Å². The van der Waals surface area contributed by atoms with Gasteiger partial charge in [0, 0.05) is 23.5 Å². The first-order chi connectivity index (χ1) is 9.38. The standard InChI is InChI=1S/C13H10F3N3O/c14-9-4-7(5-10(15)12(9)16)19-11-3-6(17)1-2-8(11)13(18)20/h1-5,19H,17H2,(H2,18,20). The van der Waals surface area contributed by atoms with E-state index in [1.54, 1.807) is 0 Å². The summed E-state index contributed by atoms with van der Waals surface area (Å²) in [6.45, 7) is 0. The fraction of sp³-hybridized carbons (Fsp3) is 0. The van der Waals surface area contributed by atoms with Crippen LogP contribution in [0.25, 0.3) is 0 Å². The first-order valence-electron chi connectivity index (χ1n) is 5.49. The van der Waals surface area contributed by atoms with E-state index in [0.29, 0.717) is 5.69 Å². The second kappa shape index (κ2) is 5.12. The first kappa shape index (κ1) is 13.7. The van der Waals surface area contributed by atoms with Gasteiger partial charge in [0.15, 0.2) is 17.5 Å². The molecule has 5 N–H and O–H groups in total. The molecule has 0 aliphatic heterocycles. The minimum atomic E-state index is -1.57. The zero-order chi connectivity index (χ0) is 14.9. The Bertz CT molecular complexity index is 666.